The summed E-state index contributed by atoms with van der Waals surface area (Å²) in [6.07, 6.45) is 5.28. The van der Waals surface area contributed by atoms with E-state index in [0.29, 0.717) is 0 Å². The van der Waals surface area contributed by atoms with Gasteiger partial charge in [-0.3, -0.25) is 4.98 Å². The summed E-state index contributed by atoms with van der Waals surface area (Å²) in [5.74, 6) is 0. The van der Waals surface area contributed by atoms with Gasteiger partial charge in [0, 0.05) is 18.4 Å². The minimum Gasteiger partial charge on any atom is -0.324 e. The molecule has 1 aromatic rings. The van der Waals surface area contributed by atoms with E-state index < -0.39 is 0 Å². The van der Waals surface area contributed by atoms with Gasteiger partial charge in [-0.25, -0.2) is 0 Å². The van der Waals surface area contributed by atoms with Crippen molar-refractivity contribution in [2.24, 2.45) is 5.73 Å². The van der Waals surface area contributed by atoms with Crippen molar-refractivity contribution in [3.8, 4) is 0 Å². The van der Waals surface area contributed by atoms with Crippen LogP contribution < -0.4 is 5.73 Å². The fourth-order valence-electron chi connectivity index (χ4n) is 1.00. The fraction of sp³-hybridized carbons (Fsp3) is 0.222. The van der Waals surface area contributed by atoms with Crippen LogP contribution in [0.4, 0.5) is 0 Å². The smallest absolute Gasteiger partial charge is 0.0343 e. The highest BCUT2D eigenvalue weighted by Crippen LogP contribution is 2.14. The van der Waals surface area contributed by atoms with Gasteiger partial charge in [-0.2, -0.15) is 0 Å². The van der Waals surface area contributed by atoms with Crippen LogP contribution in [0.5, 0.6) is 0 Å². The van der Waals surface area contributed by atoms with Crippen LogP contribution in [0, 0.1) is 0 Å². The van der Waals surface area contributed by atoms with E-state index in [1.54, 1.807) is 18.5 Å². The molecule has 0 fully saturated rings. The monoisotopic (exact) mass is 148 g/mol. The zero-order valence-corrected chi connectivity index (χ0v) is 6.62. The largest absolute Gasteiger partial charge is 0.324 e. The Bertz CT molecular complexity index is 253. The van der Waals surface area contributed by atoms with E-state index in [-0.39, 0.29) is 6.04 Å². The number of aromatic nitrogens is 1. The van der Waals surface area contributed by atoms with Gasteiger partial charge in [0.05, 0.1) is 0 Å². The van der Waals surface area contributed by atoms with Gasteiger partial charge in [0.15, 0.2) is 0 Å². The summed E-state index contributed by atoms with van der Waals surface area (Å²) in [5, 5.41) is 0. The Kier molecular flexibility index (Phi) is 2.39. The third-order valence-corrected chi connectivity index (χ3v) is 1.60. The van der Waals surface area contributed by atoms with Gasteiger partial charge in [0.2, 0.25) is 0 Å². The van der Waals surface area contributed by atoms with Crippen molar-refractivity contribution in [1.82, 2.24) is 4.98 Å². The summed E-state index contributed by atoms with van der Waals surface area (Å²) in [6.45, 7) is 5.63. The number of hydrogen-bond donors (Lipinski definition) is 1. The first-order valence-corrected chi connectivity index (χ1v) is 3.57. The second-order valence-electron chi connectivity index (χ2n) is 2.50. The van der Waals surface area contributed by atoms with Gasteiger partial charge < -0.3 is 5.73 Å². The molecular formula is C9H12N2. The maximum Gasteiger partial charge on any atom is 0.0343 e. The fourth-order valence-corrected chi connectivity index (χ4v) is 1.00. The molecule has 0 aliphatic heterocycles. The molecule has 0 radical (unpaired) electrons. The average Bonchev–Trinajstić information content (AvgIpc) is 2.04. The van der Waals surface area contributed by atoms with Crippen molar-refractivity contribution < 1.29 is 0 Å². The Balaban J connectivity index is 3.12. The van der Waals surface area contributed by atoms with Crippen LogP contribution >= 0.6 is 0 Å². The molecule has 1 atom stereocenters. The molecule has 1 aromatic heterocycles. The van der Waals surface area contributed by atoms with Gasteiger partial charge in [0.1, 0.15) is 0 Å². The highest BCUT2D eigenvalue weighted by Gasteiger charge is 2.02. The van der Waals surface area contributed by atoms with Crippen molar-refractivity contribution >= 4 is 6.08 Å². The van der Waals surface area contributed by atoms with E-state index >= 15 is 0 Å². The van der Waals surface area contributed by atoms with Crippen LogP contribution in [0.2, 0.25) is 0 Å². The number of hydrogen-bond acceptors (Lipinski definition) is 2. The molecule has 2 N–H and O–H groups in total. The van der Waals surface area contributed by atoms with Crippen LogP contribution in [0.25, 0.3) is 6.08 Å². The van der Waals surface area contributed by atoms with Crippen molar-refractivity contribution in [3.05, 3.63) is 36.2 Å². The van der Waals surface area contributed by atoms with E-state index in [9.17, 15) is 0 Å². The Hall–Kier alpha value is -1.15. The predicted molar refractivity (Wildman–Crippen MR) is 46.9 cm³/mol. The quantitative estimate of drug-likeness (QED) is 0.693. The van der Waals surface area contributed by atoms with Crippen molar-refractivity contribution in [2.75, 3.05) is 0 Å². The second kappa shape index (κ2) is 3.30. The third-order valence-electron chi connectivity index (χ3n) is 1.60. The van der Waals surface area contributed by atoms with Gasteiger partial charge >= 0.3 is 0 Å². The van der Waals surface area contributed by atoms with E-state index in [0.717, 1.165) is 11.1 Å². The Morgan fingerprint density at radius 3 is 2.91 bits per heavy atom. The second-order valence-corrected chi connectivity index (χ2v) is 2.50. The zero-order valence-electron chi connectivity index (χ0n) is 6.62. The van der Waals surface area contributed by atoms with Crippen LogP contribution in [-0.4, -0.2) is 4.98 Å². The van der Waals surface area contributed by atoms with Crippen LogP contribution in [0.15, 0.2) is 25.0 Å². The third kappa shape index (κ3) is 1.65. The van der Waals surface area contributed by atoms with Crippen molar-refractivity contribution in [3.63, 3.8) is 0 Å². The van der Waals surface area contributed by atoms with Gasteiger partial charge in [-0.15, -0.1) is 0 Å². The molecule has 0 bridgehead atoms. The molecule has 58 valence electrons. The van der Waals surface area contributed by atoms with Crippen LogP contribution in [0.3, 0.4) is 0 Å². The first kappa shape index (κ1) is 7.95. The number of pyridine rings is 1. The standard InChI is InChI=1S/C9H12N2/c1-3-8-6-11-5-4-9(8)7(2)10/h3-7H,1,10H2,2H3/t7-/m0/s1. The summed E-state index contributed by atoms with van der Waals surface area (Å²) in [4.78, 5) is 3.97. The van der Waals surface area contributed by atoms with Gasteiger partial charge in [0.25, 0.3) is 0 Å². The minimum atomic E-state index is 0.0472. The predicted octanol–water partition coefficient (Wildman–Crippen LogP) is 1.74. The van der Waals surface area contributed by atoms with E-state index in [4.69, 9.17) is 5.73 Å². The molecular weight excluding hydrogens is 136 g/mol. The number of nitrogens with two attached hydrogens (primary N) is 1. The summed E-state index contributed by atoms with van der Waals surface area (Å²) in [5.41, 5.74) is 7.82. The Morgan fingerprint density at radius 2 is 2.45 bits per heavy atom. The highest BCUT2D eigenvalue weighted by molar-refractivity contribution is 5.50. The molecule has 0 aromatic carbocycles. The van der Waals surface area contributed by atoms with Crippen molar-refractivity contribution in [2.45, 2.75) is 13.0 Å². The normalized spacial score (nSPS) is 12.5. The molecule has 0 saturated heterocycles. The topological polar surface area (TPSA) is 38.9 Å². The molecule has 0 amide bonds. The molecule has 0 aliphatic carbocycles. The van der Waals surface area contributed by atoms with E-state index in [1.165, 1.54) is 0 Å². The number of nitrogens with zero attached hydrogens (tertiary/aromatic N) is 1. The summed E-state index contributed by atoms with van der Waals surface area (Å²) in [7, 11) is 0. The summed E-state index contributed by atoms with van der Waals surface area (Å²) in [6, 6.07) is 1.97. The molecule has 0 spiro atoms. The van der Waals surface area contributed by atoms with Crippen LogP contribution in [-0.2, 0) is 0 Å². The molecule has 0 aliphatic rings. The Morgan fingerprint density at radius 1 is 1.73 bits per heavy atom. The highest BCUT2D eigenvalue weighted by atomic mass is 14.6. The van der Waals surface area contributed by atoms with E-state index in [2.05, 4.69) is 11.6 Å². The minimum absolute atomic E-state index is 0.0472. The lowest BCUT2D eigenvalue weighted by atomic mass is 10.1. The summed E-state index contributed by atoms with van der Waals surface area (Å²) >= 11 is 0. The summed E-state index contributed by atoms with van der Waals surface area (Å²) < 4.78 is 0. The van der Waals surface area contributed by atoms with Gasteiger partial charge in [-0.05, 0) is 24.1 Å². The van der Waals surface area contributed by atoms with E-state index in [1.807, 2.05) is 13.0 Å². The molecule has 0 unspecified atom stereocenters. The molecule has 11 heavy (non-hydrogen) atoms. The van der Waals surface area contributed by atoms with Gasteiger partial charge in [-0.1, -0.05) is 12.7 Å². The average molecular weight is 148 g/mol. The SMILES string of the molecule is C=Cc1cnccc1[C@H](C)N. The number of rotatable bonds is 2. The first-order valence-electron chi connectivity index (χ1n) is 3.57. The Labute approximate surface area is 66.8 Å². The lowest BCUT2D eigenvalue weighted by molar-refractivity contribution is 0.813. The molecule has 2 heteroatoms. The maximum atomic E-state index is 5.71. The molecule has 0 saturated carbocycles. The molecule has 1 heterocycles. The molecule has 2 nitrogen and oxygen atoms in total. The van der Waals surface area contributed by atoms with Crippen LogP contribution in [0.1, 0.15) is 24.1 Å². The first-order chi connectivity index (χ1) is 5.25. The van der Waals surface area contributed by atoms with Crippen molar-refractivity contribution in [1.29, 1.82) is 0 Å². The lowest BCUT2D eigenvalue weighted by Crippen LogP contribution is -2.06. The maximum absolute atomic E-state index is 5.71. The lowest BCUT2D eigenvalue weighted by Gasteiger charge is -2.07. The molecule has 1 rings (SSSR count). The zero-order chi connectivity index (χ0) is 8.27.